The summed E-state index contributed by atoms with van der Waals surface area (Å²) in [5.74, 6) is 0.185. The zero-order valence-electron chi connectivity index (χ0n) is 9.78. The Bertz CT molecular complexity index is 621. The third-order valence-corrected chi connectivity index (χ3v) is 2.72. The van der Waals surface area contributed by atoms with Gasteiger partial charge < -0.3 is 15.8 Å². The van der Waals surface area contributed by atoms with Gasteiger partial charge in [0.05, 0.1) is 4.47 Å². The summed E-state index contributed by atoms with van der Waals surface area (Å²) in [4.78, 5) is 7.63. The molecule has 0 bridgehead atoms. The Balaban J connectivity index is 2.17. The van der Waals surface area contributed by atoms with Crippen molar-refractivity contribution in [2.75, 3.05) is 11.1 Å². The standard InChI is InChI=1S/C11H8BrF3N4O/c12-7-5-6(1-2-8(7)20-11(13,14)15)18-9-3-4-17-10(16)19-9/h1-5H,(H3,16,17,18,19). The normalized spacial score (nSPS) is 11.2. The van der Waals surface area contributed by atoms with Gasteiger partial charge >= 0.3 is 6.36 Å². The lowest BCUT2D eigenvalue weighted by Crippen LogP contribution is -2.17. The summed E-state index contributed by atoms with van der Waals surface area (Å²) in [6.07, 6.45) is -3.28. The van der Waals surface area contributed by atoms with Gasteiger partial charge in [-0.05, 0) is 40.2 Å². The van der Waals surface area contributed by atoms with Gasteiger partial charge in [-0.1, -0.05) is 0 Å². The van der Waals surface area contributed by atoms with E-state index in [1.807, 2.05) is 0 Å². The topological polar surface area (TPSA) is 73.1 Å². The van der Waals surface area contributed by atoms with E-state index in [0.29, 0.717) is 11.5 Å². The van der Waals surface area contributed by atoms with Gasteiger partial charge in [0.1, 0.15) is 11.6 Å². The van der Waals surface area contributed by atoms with Crippen LogP contribution < -0.4 is 15.8 Å². The van der Waals surface area contributed by atoms with Gasteiger partial charge in [-0.25, -0.2) is 4.98 Å². The molecule has 0 saturated carbocycles. The molecule has 5 nitrogen and oxygen atoms in total. The molecule has 1 aromatic carbocycles. The maximum Gasteiger partial charge on any atom is 0.573 e. The molecule has 9 heteroatoms. The lowest BCUT2D eigenvalue weighted by atomic mass is 10.3. The molecule has 1 aromatic heterocycles. The monoisotopic (exact) mass is 348 g/mol. The minimum Gasteiger partial charge on any atom is -0.405 e. The number of halogens is 4. The fraction of sp³-hybridized carbons (Fsp3) is 0.0909. The first-order valence-electron chi connectivity index (χ1n) is 5.24. The van der Waals surface area contributed by atoms with Crippen LogP contribution in [-0.4, -0.2) is 16.3 Å². The molecular formula is C11H8BrF3N4O. The number of nitrogens with zero attached hydrogens (tertiary/aromatic N) is 2. The van der Waals surface area contributed by atoms with Gasteiger partial charge in [0.2, 0.25) is 5.95 Å². The molecule has 2 aromatic rings. The van der Waals surface area contributed by atoms with E-state index in [1.54, 1.807) is 6.07 Å². The van der Waals surface area contributed by atoms with Crippen LogP contribution in [0.2, 0.25) is 0 Å². The van der Waals surface area contributed by atoms with Crippen molar-refractivity contribution >= 4 is 33.4 Å². The zero-order valence-corrected chi connectivity index (χ0v) is 11.4. The predicted octanol–water partition coefficient (Wildman–Crippen LogP) is 3.46. The molecule has 1 heterocycles. The van der Waals surface area contributed by atoms with Crippen LogP contribution in [0.1, 0.15) is 0 Å². The van der Waals surface area contributed by atoms with Gasteiger partial charge in [0.15, 0.2) is 0 Å². The molecule has 0 spiro atoms. The number of alkyl halides is 3. The van der Waals surface area contributed by atoms with Gasteiger partial charge in [0.25, 0.3) is 0 Å². The Kier molecular flexibility index (Phi) is 3.98. The molecule has 0 saturated heterocycles. The summed E-state index contributed by atoms with van der Waals surface area (Å²) in [6.45, 7) is 0. The van der Waals surface area contributed by atoms with Crippen molar-refractivity contribution in [2.45, 2.75) is 6.36 Å². The molecule has 0 aliphatic carbocycles. The number of benzene rings is 1. The molecule has 0 amide bonds. The van der Waals surface area contributed by atoms with Crippen molar-refractivity contribution in [3.63, 3.8) is 0 Å². The third-order valence-electron chi connectivity index (χ3n) is 2.10. The van der Waals surface area contributed by atoms with Crippen molar-refractivity contribution in [3.05, 3.63) is 34.9 Å². The van der Waals surface area contributed by atoms with Crippen molar-refractivity contribution in [3.8, 4) is 5.75 Å². The summed E-state index contributed by atoms with van der Waals surface area (Å²) in [5, 5.41) is 2.88. The second-order valence-electron chi connectivity index (χ2n) is 3.62. The number of rotatable bonds is 3. The highest BCUT2D eigenvalue weighted by molar-refractivity contribution is 9.10. The number of nitrogen functional groups attached to an aromatic ring is 1. The molecule has 0 aliphatic heterocycles. The quantitative estimate of drug-likeness (QED) is 0.888. The van der Waals surface area contributed by atoms with E-state index in [-0.39, 0.29) is 16.2 Å². The predicted molar refractivity (Wildman–Crippen MR) is 70.6 cm³/mol. The molecule has 0 aliphatic rings. The first-order chi connectivity index (χ1) is 9.33. The van der Waals surface area contributed by atoms with Crippen LogP contribution in [0.15, 0.2) is 34.9 Å². The molecule has 0 fully saturated rings. The maximum atomic E-state index is 12.1. The van der Waals surface area contributed by atoms with Crippen LogP contribution in [0.4, 0.5) is 30.6 Å². The Morgan fingerprint density at radius 1 is 1.25 bits per heavy atom. The van der Waals surface area contributed by atoms with Crippen LogP contribution in [0.25, 0.3) is 0 Å². The molecule has 2 rings (SSSR count). The second kappa shape index (κ2) is 5.53. The first kappa shape index (κ1) is 14.4. The fourth-order valence-corrected chi connectivity index (χ4v) is 1.84. The number of nitrogens with two attached hydrogens (primary N) is 1. The number of anilines is 3. The van der Waals surface area contributed by atoms with E-state index in [9.17, 15) is 13.2 Å². The van der Waals surface area contributed by atoms with Gasteiger partial charge in [-0.3, -0.25) is 0 Å². The second-order valence-corrected chi connectivity index (χ2v) is 4.47. The number of nitrogens with one attached hydrogen (secondary N) is 1. The van der Waals surface area contributed by atoms with Crippen molar-refractivity contribution in [1.29, 1.82) is 0 Å². The zero-order chi connectivity index (χ0) is 14.8. The lowest BCUT2D eigenvalue weighted by molar-refractivity contribution is -0.274. The first-order valence-corrected chi connectivity index (χ1v) is 6.03. The van der Waals surface area contributed by atoms with E-state index in [1.165, 1.54) is 24.4 Å². The van der Waals surface area contributed by atoms with Gasteiger partial charge in [-0.15, -0.1) is 13.2 Å². The van der Waals surface area contributed by atoms with E-state index in [2.05, 4.69) is 36.0 Å². The summed E-state index contributed by atoms with van der Waals surface area (Å²) in [5.41, 5.74) is 5.94. The molecule has 0 radical (unpaired) electrons. The van der Waals surface area contributed by atoms with Crippen LogP contribution in [0.5, 0.6) is 5.75 Å². The largest absolute Gasteiger partial charge is 0.573 e. The Morgan fingerprint density at radius 3 is 2.60 bits per heavy atom. The number of hydrogen-bond acceptors (Lipinski definition) is 5. The van der Waals surface area contributed by atoms with Crippen molar-refractivity contribution in [2.24, 2.45) is 0 Å². The number of aromatic nitrogens is 2. The lowest BCUT2D eigenvalue weighted by Gasteiger charge is -2.12. The average molecular weight is 349 g/mol. The molecule has 106 valence electrons. The Hall–Kier alpha value is -2.03. The average Bonchev–Trinajstić information content (AvgIpc) is 2.31. The molecule has 20 heavy (non-hydrogen) atoms. The summed E-state index contributed by atoms with van der Waals surface area (Å²) in [7, 11) is 0. The highest BCUT2D eigenvalue weighted by Gasteiger charge is 2.31. The highest BCUT2D eigenvalue weighted by Crippen LogP contribution is 2.33. The number of hydrogen-bond donors (Lipinski definition) is 2. The van der Waals surface area contributed by atoms with Crippen LogP contribution in [-0.2, 0) is 0 Å². The van der Waals surface area contributed by atoms with E-state index >= 15 is 0 Å². The summed E-state index contributed by atoms with van der Waals surface area (Å²) >= 11 is 3.01. The summed E-state index contributed by atoms with van der Waals surface area (Å²) < 4.78 is 40.4. The van der Waals surface area contributed by atoms with E-state index in [0.717, 1.165) is 0 Å². The molecule has 0 unspecified atom stereocenters. The van der Waals surface area contributed by atoms with E-state index in [4.69, 9.17) is 5.73 Å². The fourth-order valence-electron chi connectivity index (χ4n) is 1.38. The van der Waals surface area contributed by atoms with Crippen LogP contribution >= 0.6 is 15.9 Å². The van der Waals surface area contributed by atoms with Crippen LogP contribution in [0.3, 0.4) is 0 Å². The Labute approximate surface area is 120 Å². The minimum absolute atomic E-state index is 0.0890. The Morgan fingerprint density at radius 2 is 2.00 bits per heavy atom. The molecular weight excluding hydrogens is 341 g/mol. The van der Waals surface area contributed by atoms with Crippen LogP contribution in [0, 0.1) is 0 Å². The van der Waals surface area contributed by atoms with Gasteiger partial charge in [-0.2, -0.15) is 4.98 Å². The van der Waals surface area contributed by atoms with E-state index < -0.39 is 6.36 Å². The van der Waals surface area contributed by atoms with Crippen molar-refractivity contribution in [1.82, 2.24) is 9.97 Å². The molecule has 3 N–H and O–H groups in total. The van der Waals surface area contributed by atoms with Gasteiger partial charge in [0, 0.05) is 11.9 Å². The maximum absolute atomic E-state index is 12.1. The minimum atomic E-state index is -4.74. The third kappa shape index (κ3) is 3.98. The SMILES string of the molecule is Nc1nccc(Nc2ccc(OC(F)(F)F)c(Br)c2)n1. The number of ether oxygens (including phenoxy) is 1. The highest BCUT2D eigenvalue weighted by atomic mass is 79.9. The van der Waals surface area contributed by atoms with Crippen molar-refractivity contribution < 1.29 is 17.9 Å². The molecule has 0 atom stereocenters. The smallest absolute Gasteiger partial charge is 0.405 e. The summed E-state index contributed by atoms with van der Waals surface area (Å²) in [6, 6.07) is 5.61.